The van der Waals surface area contributed by atoms with E-state index in [1.165, 1.54) is 12.1 Å². The van der Waals surface area contributed by atoms with Gasteiger partial charge < -0.3 is 18.8 Å². The lowest BCUT2D eigenvalue weighted by molar-refractivity contribution is -0.165. The normalized spacial score (nSPS) is 12.1. The van der Waals surface area contributed by atoms with Gasteiger partial charge in [-0.3, -0.25) is 5.32 Å². The molecule has 0 radical (unpaired) electrons. The Bertz CT molecular complexity index is 1320. The first-order valence-corrected chi connectivity index (χ1v) is 13.3. The van der Waals surface area contributed by atoms with Crippen molar-refractivity contribution in [1.82, 2.24) is 9.88 Å². The van der Waals surface area contributed by atoms with Crippen LogP contribution in [0.2, 0.25) is 0 Å². The molecule has 0 aliphatic heterocycles. The van der Waals surface area contributed by atoms with Crippen LogP contribution in [0.4, 0.5) is 4.39 Å². The first kappa shape index (κ1) is 30.0. The van der Waals surface area contributed by atoms with Crippen LogP contribution in [0.3, 0.4) is 0 Å². The zero-order valence-electron chi connectivity index (χ0n) is 22.5. The third-order valence-corrected chi connectivity index (χ3v) is 6.23. The van der Waals surface area contributed by atoms with Crippen LogP contribution in [0, 0.1) is 5.82 Å². The molecule has 0 aliphatic carbocycles. The zero-order valence-corrected chi connectivity index (χ0v) is 24.1. The van der Waals surface area contributed by atoms with Crippen molar-refractivity contribution in [3.8, 4) is 16.9 Å². The number of aromatic nitrogens is 1. The predicted octanol–water partition coefficient (Wildman–Crippen LogP) is 5.59. The van der Waals surface area contributed by atoms with Gasteiger partial charge in [0.2, 0.25) is 6.04 Å². The highest BCUT2D eigenvalue weighted by Gasteiger charge is 2.34. The SMILES string of the molecule is CCOC(=O)c1c(Br)c(-c2ccc(F)cc2)n(-c2ccccc2)c1CNC(C(=O)OCC)C(=O)OC(C)(C)C. The van der Waals surface area contributed by atoms with Crippen molar-refractivity contribution in [3.05, 3.63) is 76.1 Å². The van der Waals surface area contributed by atoms with Crippen LogP contribution in [0.15, 0.2) is 59.1 Å². The Hall–Kier alpha value is -3.50. The molecule has 0 saturated heterocycles. The number of nitrogens with zero attached hydrogens (tertiary/aromatic N) is 1. The van der Waals surface area contributed by atoms with Gasteiger partial charge in [-0.05, 0) is 92.5 Å². The minimum atomic E-state index is -1.45. The van der Waals surface area contributed by atoms with Gasteiger partial charge in [-0.15, -0.1) is 0 Å². The van der Waals surface area contributed by atoms with Gasteiger partial charge in [-0.25, -0.2) is 18.8 Å². The van der Waals surface area contributed by atoms with Gasteiger partial charge >= 0.3 is 17.9 Å². The van der Waals surface area contributed by atoms with E-state index >= 15 is 0 Å². The third-order valence-electron chi connectivity index (χ3n) is 5.46. The fraction of sp³-hybridized carbons (Fsp3) is 0.345. The number of carbonyl (C=O) groups is 3. The molecule has 208 valence electrons. The van der Waals surface area contributed by atoms with Crippen LogP contribution < -0.4 is 5.32 Å². The number of ether oxygens (including phenoxy) is 3. The lowest BCUT2D eigenvalue weighted by Gasteiger charge is -2.24. The summed E-state index contributed by atoms with van der Waals surface area (Å²) in [4.78, 5) is 39.0. The third kappa shape index (κ3) is 7.33. The van der Waals surface area contributed by atoms with Crippen LogP contribution in [0.1, 0.15) is 50.7 Å². The van der Waals surface area contributed by atoms with Crippen molar-refractivity contribution < 1.29 is 33.0 Å². The minimum absolute atomic E-state index is 0.0640. The summed E-state index contributed by atoms with van der Waals surface area (Å²) in [5, 5.41) is 2.93. The number of benzene rings is 2. The van der Waals surface area contributed by atoms with Gasteiger partial charge in [-0.2, -0.15) is 0 Å². The maximum absolute atomic E-state index is 13.8. The molecule has 0 amide bonds. The molecule has 1 heterocycles. The summed E-state index contributed by atoms with van der Waals surface area (Å²) in [7, 11) is 0. The Morgan fingerprint density at radius 3 is 2.13 bits per heavy atom. The average molecular weight is 603 g/mol. The van der Waals surface area contributed by atoms with Crippen LogP contribution in [0.5, 0.6) is 0 Å². The van der Waals surface area contributed by atoms with E-state index in [0.717, 1.165) is 0 Å². The molecule has 2 aromatic carbocycles. The number of rotatable bonds is 10. The van der Waals surface area contributed by atoms with E-state index in [2.05, 4.69) is 21.2 Å². The number of hydrogen-bond donors (Lipinski definition) is 1. The lowest BCUT2D eigenvalue weighted by atomic mass is 10.1. The number of para-hydroxylation sites is 1. The summed E-state index contributed by atoms with van der Waals surface area (Å²) in [5.74, 6) is -2.63. The second-order valence-corrected chi connectivity index (χ2v) is 10.3. The number of esters is 3. The summed E-state index contributed by atoms with van der Waals surface area (Å²) in [6.45, 7) is 8.48. The van der Waals surface area contributed by atoms with Gasteiger partial charge in [0.25, 0.3) is 0 Å². The van der Waals surface area contributed by atoms with Crippen LogP contribution in [0.25, 0.3) is 16.9 Å². The van der Waals surface area contributed by atoms with Gasteiger partial charge in [0, 0.05) is 12.2 Å². The van der Waals surface area contributed by atoms with E-state index in [1.807, 2.05) is 30.3 Å². The fourth-order valence-corrected chi connectivity index (χ4v) is 4.74. The molecule has 8 nitrogen and oxygen atoms in total. The Morgan fingerprint density at radius 1 is 0.949 bits per heavy atom. The Labute approximate surface area is 235 Å². The molecule has 0 saturated carbocycles. The van der Waals surface area contributed by atoms with Gasteiger partial charge in [0.1, 0.15) is 11.4 Å². The largest absolute Gasteiger partial charge is 0.464 e. The van der Waals surface area contributed by atoms with E-state index < -0.39 is 35.4 Å². The zero-order chi connectivity index (χ0) is 28.7. The lowest BCUT2D eigenvalue weighted by Crippen LogP contribution is -2.47. The smallest absolute Gasteiger partial charge is 0.341 e. The van der Waals surface area contributed by atoms with Crippen molar-refractivity contribution >= 4 is 33.8 Å². The van der Waals surface area contributed by atoms with Crippen molar-refractivity contribution in [2.24, 2.45) is 0 Å². The highest BCUT2D eigenvalue weighted by Crippen LogP contribution is 2.39. The molecule has 3 rings (SSSR count). The van der Waals surface area contributed by atoms with Crippen molar-refractivity contribution in [3.63, 3.8) is 0 Å². The summed E-state index contributed by atoms with van der Waals surface area (Å²) < 4.78 is 31.9. The van der Waals surface area contributed by atoms with Crippen LogP contribution in [-0.4, -0.2) is 47.3 Å². The van der Waals surface area contributed by atoms with E-state index in [0.29, 0.717) is 27.1 Å². The molecule has 1 unspecified atom stereocenters. The van der Waals surface area contributed by atoms with Crippen molar-refractivity contribution in [2.45, 2.75) is 52.8 Å². The molecular weight excluding hydrogens is 571 g/mol. The fourth-order valence-electron chi connectivity index (χ4n) is 3.94. The molecule has 0 spiro atoms. The second kappa shape index (κ2) is 13.0. The van der Waals surface area contributed by atoms with Crippen molar-refractivity contribution in [1.29, 1.82) is 0 Å². The van der Waals surface area contributed by atoms with Gasteiger partial charge in [-0.1, -0.05) is 18.2 Å². The first-order chi connectivity index (χ1) is 18.5. The molecule has 39 heavy (non-hydrogen) atoms. The van der Waals surface area contributed by atoms with Crippen LogP contribution in [-0.2, 0) is 30.3 Å². The standard InChI is InChI=1S/C29H32BrFN2O6/c1-6-37-26(34)22-21(17-32-24(27(35)38-7-2)28(36)39-29(3,4)5)33(20-11-9-8-10-12-20)25(23(22)30)18-13-15-19(31)16-14-18/h8-16,24,32H,6-7,17H2,1-5H3. The first-order valence-electron chi connectivity index (χ1n) is 12.5. The quantitative estimate of drug-likeness (QED) is 0.184. The maximum Gasteiger partial charge on any atom is 0.341 e. The summed E-state index contributed by atoms with van der Waals surface area (Å²) in [6.07, 6.45) is 0. The topological polar surface area (TPSA) is 95.9 Å². The number of hydrogen-bond acceptors (Lipinski definition) is 7. The highest BCUT2D eigenvalue weighted by atomic mass is 79.9. The summed E-state index contributed by atoms with van der Waals surface area (Å²) in [5.41, 5.74) is 1.63. The van der Waals surface area contributed by atoms with E-state index in [-0.39, 0.29) is 25.3 Å². The molecule has 3 aromatic rings. The molecule has 1 atom stereocenters. The maximum atomic E-state index is 13.8. The van der Waals surface area contributed by atoms with Crippen molar-refractivity contribution in [2.75, 3.05) is 13.2 Å². The molecule has 1 aromatic heterocycles. The van der Waals surface area contributed by atoms with Crippen LogP contribution >= 0.6 is 15.9 Å². The highest BCUT2D eigenvalue weighted by molar-refractivity contribution is 9.10. The summed E-state index contributed by atoms with van der Waals surface area (Å²) in [6, 6.07) is 13.6. The Morgan fingerprint density at radius 2 is 1.56 bits per heavy atom. The Balaban J connectivity index is 2.21. The molecular formula is C29H32BrFN2O6. The number of carbonyl (C=O) groups excluding carboxylic acids is 3. The molecule has 0 aliphatic rings. The number of halogens is 2. The predicted molar refractivity (Wildman–Crippen MR) is 148 cm³/mol. The average Bonchev–Trinajstić information content (AvgIpc) is 3.16. The monoisotopic (exact) mass is 602 g/mol. The van der Waals surface area contributed by atoms with E-state index in [1.54, 1.807) is 51.3 Å². The molecule has 1 N–H and O–H groups in total. The minimum Gasteiger partial charge on any atom is -0.464 e. The Kier molecular flexibility index (Phi) is 10.0. The van der Waals surface area contributed by atoms with Gasteiger partial charge in [0.05, 0.1) is 34.6 Å². The molecule has 10 heteroatoms. The number of nitrogens with one attached hydrogen (secondary N) is 1. The van der Waals surface area contributed by atoms with E-state index in [4.69, 9.17) is 14.2 Å². The van der Waals surface area contributed by atoms with Gasteiger partial charge in [0.15, 0.2) is 0 Å². The molecule has 0 fully saturated rings. The van der Waals surface area contributed by atoms with E-state index in [9.17, 15) is 18.8 Å². The summed E-state index contributed by atoms with van der Waals surface area (Å²) >= 11 is 3.58. The molecule has 0 bridgehead atoms. The second-order valence-electron chi connectivity index (χ2n) is 9.48.